The van der Waals surface area contributed by atoms with Gasteiger partial charge in [-0.15, -0.1) is 0 Å². The van der Waals surface area contributed by atoms with Crippen LogP contribution >= 0.6 is 0 Å². The van der Waals surface area contributed by atoms with Crippen molar-refractivity contribution in [1.82, 2.24) is 0 Å². The Morgan fingerprint density at radius 2 is 1.31 bits per heavy atom. The molecule has 0 aliphatic rings. The third-order valence-corrected chi connectivity index (χ3v) is 6.46. The molecule has 0 saturated heterocycles. The third kappa shape index (κ3) is 3.89. The van der Waals surface area contributed by atoms with Crippen LogP contribution in [0.25, 0.3) is 21.8 Å². The zero-order valence-electron chi connectivity index (χ0n) is 16.5. The number of benzene rings is 3. The maximum Gasteiger partial charge on any atom is 0.232 e. The lowest BCUT2D eigenvalue weighted by Crippen LogP contribution is -2.30. The first-order valence-corrected chi connectivity index (χ1v) is 11.3. The molecule has 29 heavy (non-hydrogen) atoms. The van der Waals surface area contributed by atoms with Crippen LogP contribution in [0.4, 0.5) is 17.1 Å². The molecular weight excluding hydrogens is 382 g/mol. The summed E-state index contributed by atoms with van der Waals surface area (Å²) in [4.78, 5) is 0. The number of nitrogens with zero attached hydrogens (tertiary/aromatic N) is 1. The van der Waals surface area contributed by atoms with Crippen molar-refractivity contribution in [2.75, 3.05) is 15.8 Å². The van der Waals surface area contributed by atoms with E-state index in [9.17, 15) is 8.42 Å². The Morgan fingerprint density at radius 1 is 0.793 bits per heavy atom. The zero-order valence-corrected chi connectivity index (χ0v) is 17.3. The van der Waals surface area contributed by atoms with Crippen molar-refractivity contribution in [2.45, 2.75) is 13.3 Å². The Morgan fingerprint density at radius 3 is 1.86 bits per heavy atom. The van der Waals surface area contributed by atoms with E-state index in [2.05, 4.69) is 45.9 Å². The van der Waals surface area contributed by atoms with E-state index in [-0.39, 0.29) is 5.75 Å². The minimum Gasteiger partial charge on any atom is -0.354 e. The van der Waals surface area contributed by atoms with Crippen LogP contribution in [-0.4, -0.2) is 14.2 Å². The summed E-state index contributed by atoms with van der Waals surface area (Å²) >= 11 is 0. The molecule has 0 radical (unpaired) electrons. The molecule has 1 aromatic heterocycles. The Balaban J connectivity index is 1.73. The van der Waals surface area contributed by atoms with Gasteiger partial charge < -0.3 is 5.32 Å². The number of aromatic nitrogens is 1. The first-order valence-electron chi connectivity index (χ1n) is 9.65. The number of hydrogen-bond donors (Lipinski definition) is 2. The third-order valence-electron chi connectivity index (χ3n) is 4.97. The fourth-order valence-electron chi connectivity index (χ4n) is 3.63. The Bertz CT molecular complexity index is 1230. The molecule has 0 aliphatic carbocycles. The quantitative estimate of drug-likeness (QED) is 0.360. The van der Waals surface area contributed by atoms with Gasteiger partial charge in [-0.3, -0.25) is 4.72 Å². The van der Waals surface area contributed by atoms with E-state index >= 15 is 0 Å². The van der Waals surface area contributed by atoms with Gasteiger partial charge >= 0.3 is 0 Å². The molecule has 4 aromatic rings. The van der Waals surface area contributed by atoms with Crippen molar-refractivity contribution in [3.8, 4) is 0 Å². The molecule has 0 bridgehead atoms. The summed E-state index contributed by atoms with van der Waals surface area (Å²) in [5.41, 5.74) is 4.77. The lowest BCUT2D eigenvalue weighted by molar-refractivity contribution is -0.617. The number of para-hydroxylation sites is 2. The average Bonchev–Trinajstić information content (AvgIpc) is 2.72. The van der Waals surface area contributed by atoms with Gasteiger partial charge in [0.1, 0.15) is 7.05 Å². The highest BCUT2D eigenvalue weighted by Crippen LogP contribution is 2.32. The minimum atomic E-state index is -3.29. The Labute approximate surface area is 171 Å². The van der Waals surface area contributed by atoms with Gasteiger partial charge in [-0.25, -0.2) is 8.42 Å². The lowest BCUT2D eigenvalue weighted by atomic mass is 10.1. The van der Waals surface area contributed by atoms with Crippen LogP contribution in [0.2, 0.25) is 0 Å². The van der Waals surface area contributed by atoms with Crippen molar-refractivity contribution in [1.29, 1.82) is 0 Å². The summed E-state index contributed by atoms with van der Waals surface area (Å²) in [6.45, 7) is 1.85. The topological polar surface area (TPSA) is 62.1 Å². The summed E-state index contributed by atoms with van der Waals surface area (Å²) in [7, 11) is -1.22. The van der Waals surface area contributed by atoms with Crippen LogP contribution in [-0.2, 0) is 17.1 Å². The van der Waals surface area contributed by atoms with Crippen molar-refractivity contribution >= 4 is 48.9 Å². The van der Waals surface area contributed by atoms with Crippen molar-refractivity contribution in [3.05, 3.63) is 72.8 Å². The fraction of sp³-hybridized carbons (Fsp3) is 0.174. The molecule has 3 aromatic carbocycles. The fourth-order valence-corrected chi connectivity index (χ4v) is 4.76. The lowest BCUT2D eigenvalue weighted by Gasteiger charge is -2.13. The molecule has 6 heteroatoms. The normalized spacial score (nSPS) is 11.7. The van der Waals surface area contributed by atoms with Crippen LogP contribution in [0.15, 0.2) is 72.8 Å². The molecule has 0 amide bonds. The molecule has 0 saturated carbocycles. The molecule has 0 unspecified atom stereocenters. The molecule has 148 valence electrons. The smallest absolute Gasteiger partial charge is 0.232 e. The second-order valence-electron chi connectivity index (χ2n) is 7.09. The van der Waals surface area contributed by atoms with Crippen molar-refractivity contribution in [3.63, 3.8) is 0 Å². The summed E-state index contributed by atoms with van der Waals surface area (Å²) in [6, 6.07) is 23.9. The number of aryl methyl sites for hydroxylation is 1. The number of sulfonamides is 1. The van der Waals surface area contributed by atoms with E-state index in [1.807, 2.05) is 43.3 Å². The summed E-state index contributed by atoms with van der Waals surface area (Å²) in [5, 5.41) is 5.79. The van der Waals surface area contributed by atoms with E-state index < -0.39 is 10.0 Å². The highest BCUT2D eigenvalue weighted by atomic mass is 32.2. The van der Waals surface area contributed by atoms with Gasteiger partial charge in [-0.2, -0.15) is 4.57 Å². The minimum absolute atomic E-state index is 0.117. The largest absolute Gasteiger partial charge is 0.354 e. The molecule has 0 atom stereocenters. The van der Waals surface area contributed by atoms with E-state index in [4.69, 9.17) is 0 Å². The molecule has 1 heterocycles. The first-order chi connectivity index (χ1) is 14.0. The summed E-state index contributed by atoms with van der Waals surface area (Å²) < 4.78 is 28.8. The predicted molar refractivity (Wildman–Crippen MR) is 120 cm³/mol. The second-order valence-corrected chi connectivity index (χ2v) is 8.93. The second kappa shape index (κ2) is 7.72. The highest BCUT2D eigenvalue weighted by Gasteiger charge is 2.17. The van der Waals surface area contributed by atoms with Crippen LogP contribution < -0.4 is 14.6 Å². The number of nitrogens with one attached hydrogen (secondary N) is 2. The maximum atomic E-state index is 12.0. The molecular formula is C23H24N3O2S+. The van der Waals surface area contributed by atoms with Crippen molar-refractivity contribution < 1.29 is 13.0 Å². The van der Waals surface area contributed by atoms with E-state index in [0.29, 0.717) is 12.1 Å². The maximum absolute atomic E-state index is 12.0. The number of pyridine rings is 1. The van der Waals surface area contributed by atoms with Gasteiger partial charge in [-0.05, 0) is 42.8 Å². The SMILES string of the molecule is CCCS(=O)(=O)Nc1ccc(Nc2c3ccccc3[n+](C)c3ccccc23)cc1. The van der Waals surface area contributed by atoms with Crippen LogP contribution in [0.3, 0.4) is 0 Å². The Kier molecular flexibility index (Phi) is 5.11. The Hall–Kier alpha value is -3.12. The molecule has 5 nitrogen and oxygen atoms in total. The van der Waals surface area contributed by atoms with Gasteiger partial charge in [0, 0.05) is 23.5 Å². The number of anilines is 3. The predicted octanol–water partition coefficient (Wildman–Crippen LogP) is 4.71. The molecule has 0 aliphatic heterocycles. The van der Waals surface area contributed by atoms with Gasteiger partial charge in [0.15, 0.2) is 0 Å². The highest BCUT2D eigenvalue weighted by molar-refractivity contribution is 7.92. The number of rotatable bonds is 6. The van der Waals surface area contributed by atoms with Crippen LogP contribution in [0.1, 0.15) is 13.3 Å². The van der Waals surface area contributed by atoms with E-state index in [1.54, 1.807) is 12.1 Å². The van der Waals surface area contributed by atoms with Gasteiger partial charge in [0.05, 0.1) is 22.2 Å². The van der Waals surface area contributed by atoms with Crippen molar-refractivity contribution in [2.24, 2.45) is 7.05 Å². The average molecular weight is 407 g/mol. The van der Waals surface area contributed by atoms with Crippen LogP contribution in [0, 0.1) is 0 Å². The first kappa shape index (κ1) is 19.2. The number of fused-ring (bicyclic) bond motifs is 2. The molecule has 4 rings (SSSR count). The summed E-state index contributed by atoms with van der Waals surface area (Å²) in [5.74, 6) is 0.117. The monoisotopic (exact) mass is 406 g/mol. The standard InChI is InChI=1S/C23H23N3O2S/c1-3-16-29(27,28)25-18-14-12-17(13-15-18)24-23-19-8-4-6-10-21(19)26(2)22-11-7-5-9-20(22)23/h4-15,25H,3,16H2,1-2H3/p+1. The van der Waals surface area contributed by atoms with E-state index in [1.165, 1.54) is 0 Å². The van der Waals surface area contributed by atoms with Gasteiger partial charge in [0.25, 0.3) is 0 Å². The molecule has 2 N–H and O–H groups in total. The molecule has 0 fully saturated rings. The zero-order chi connectivity index (χ0) is 20.4. The van der Waals surface area contributed by atoms with Gasteiger partial charge in [0.2, 0.25) is 21.1 Å². The number of hydrogen-bond acceptors (Lipinski definition) is 3. The summed E-state index contributed by atoms with van der Waals surface area (Å²) in [6.07, 6.45) is 0.584. The van der Waals surface area contributed by atoms with E-state index in [0.717, 1.165) is 33.2 Å². The molecule has 0 spiro atoms. The van der Waals surface area contributed by atoms with Gasteiger partial charge in [-0.1, -0.05) is 31.2 Å². The van der Waals surface area contributed by atoms with Crippen LogP contribution in [0.5, 0.6) is 0 Å².